The third kappa shape index (κ3) is 3.32. The van der Waals surface area contributed by atoms with Gasteiger partial charge in [0.2, 0.25) is 5.88 Å². The Bertz CT molecular complexity index is 548. The molecule has 0 saturated heterocycles. The third-order valence-corrected chi connectivity index (χ3v) is 3.09. The minimum atomic E-state index is 0.616. The van der Waals surface area contributed by atoms with E-state index in [1.54, 1.807) is 6.20 Å². The van der Waals surface area contributed by atoms with Crippen LogP contribution in [0.25, 0.3) is 0 Å². The van der Waals surface area contributed by atoms with Crippen molar-refractivity contribution in [2.24, 2.45) is 0 Å². The van der Waals surface area contributed by atoms with Gasteiger partial charge in [0.15, 0.2) is 5.75 Å². The fraction of sp³-hybridized carbons (Fsp3) is 0.429. The Hall–Kier alpha value is -1.88. The lowest BCUT2D eigenvalue weighted by Gasteiger charge is -2.05. The molecule has 0 bridgehead atoms. The number of rotatable bonds is 6. The first-order chi connectivity index (χ1) is 9.33. The van der Waals surface area contributed by atoms with Crippen molar-refractivity contribution in [2.45, 2.75) is 38.9 Å². The quantitative estimate of drug-likeness (QED) is 0.864. The molecular weight excluding hydrogens is 240 g/mol. The van der Waals surface area contributed by atoms with Crippen LogP contribution in [0.4, 0.5) is 0 Å². The molecule has 2 aromatic rings. The zero-order chi connectivity index (χ0) is 13.1. The lowest BCUT2D eigenvalue weighted by molar-refractivity contribution is 0.458. The molecule has 0 aliphatic heterocycles. The van der Waals surface area contributed by atoms with Crippen molar-refractivity contribution < 1.29 is 4.74 Å². The number of pyridine rings is 1. The molecule has 0 amide bonds. The molecule has 1 saturated carbocycles. The van der Waals surface area contributed by atoms with Gasteiger partial charge in [0.25, 0.3) is 0 Å². The summed E-state index contributed by atoms with van der Waals surface area (Å²) in [7, 11) is 0. The molecule has 1 fully saturated rings. The maximum atomic E-state index is 5.70. The fourth-order valence-corrected chi connectivity index (χ4v) is 1.84. The number of hydrogen-bond acceptors (Lipinski definition) is 4. The van der Waals surface area contributed by atoms with Crippen LogP contribution in [0.5, 0.6) is 11.6 Å². The molecule has 0 unspecified atom stereocenters. The van der Waals surface area contributed by atoms with Crippen LogP contribution in [-0.2, 0) is 13.1 Å². The Morgan fingerprint density at radius 1 is 1.42 bits per heavy atom. The largest absolute Gasteiger partial charge is 0.436 e. The van der Waals surface area contributed by atoms with E-state index < -0.39 is 0 Å². The molecule has 0 radical (unpaired) electrons. The van der Waals surface area contributed by atoms with Crippen LogP contribution in [0.1, 0.15) is 25.5 Å². The molecule has 5 nitrogen and oxygen atoms in total. The van der Waals surface area contributed by atoms with E-state index in [0.717, 1.165) is 24.5 Å². The van der Waals surface area contributed by atoms with Gasteiger partial charge in [-0.3, -0.25) is 4.68 Å². The van der Waals surface area contributed by atoms with Crippen LogP contribution >= 0.6 is 0 Å². The van der Waals surface area contributed by atoms with E-state index in [9.17, 15) is 0 Å². The standard InChI is InChI=1S/C14H18N4O/c1-2-18-10-13(9-16-18)19-14-5-3-4-12(17-14)8-15-11-6-7-11/h3-5,9-11,15H,2,6-8H2,1H3. The van der Waals surface area contributed by atoms with Crippen molar-refractivity contribution in [3.05, 3.63) is 36.3 Å². The van der Waals surface area contributed by atoms with Crippen LogP contribution in [0.2, 0.25) is 0 Å². The first-order valence-electron chi connectivity index (χ1n) is 6.73. The summed E-state index contributed by atoms with van der Waals surface area (Å²) in [6.45, 7) is 3.68. The molecule has 3 rings (SSSR count). The highest BCUT2D eigenvalue weighted by molar-refractivity contribution is 5.23. The van der Waals surface area contributed by atoms with Gasteiger partial charge in [-0.25, -0.2) is 4.98 Å². The van der Waals surface area contributed by atoms with Crippen molar-refractivity contribution >= 4 is 0 Å². The van der Waals surface area contributed by atoms with Crippen molar-refractivity contribution in [3.8, 4) is 11.6 Å². The second-order valence-electron chi connectivity index (χ2n) is 4.76. The second-order valence-corrected chi connectivity index (χ2v) is 4.76. The summed E-state index contributed by atoms with van der Waals surface area (Å²) in [5, 5.41) is 7.62. The van der Waals surface area contributed by atoms with E-state index in [0.29, 0.717) is 11.9 Å². The molecule has 19 heavy (non-hydrogen) atoms. The maximum Gasteiger partial charge on any atom is 0.219 e. The van der Waals surface area contributed by atoms with E-state index in [1.807, 2.05) is 36.0 Å². The Morgan fingerprint density at radius 2 is 2.32 bits per heavy atom. The highest BCUT2D eigenvalue weighted by atomic mass is 16.5. The molecular formula is C14H18N4O. The zero-order valence-electron chi connectivity index (χ0n) is 11.0. The highest BCUT2D eigenvalue weighted by Gasteiger charge is 2.20. The molecule has 0 atom stereocenters. The van der Waals surface area contributed by atoms with Gasteiger partial charge in [0, 0.05) is 25.2 Å². The number of nitrogens with one attached hydrogen (secondary N) is 1. The molecule has 100 valence electrons. The first-order valence-corrected chi connectivity index (χ1v) is 6.73. The summed E-state index contributed by atoms with van der Waals surface area (Å²) in [6, 6.07) is 6.53. The summed E-state index contributed by atoms with van der Waals surface area (Å²) in [6.07, 6.45) is 6.15. The summed E-state index contributed by atoms with van der Waals surface area (Å²) in [5.74, 6) is 1.34. The molecule has 2 heterocycles. The summed E-state index contributed by atoms with van der Waals surface area (Å²) in [5.41, 5.74) is 1.01. The molecule has 5 heteroatoms. The van der Waals surface area contributed by atoms with Gasteiger partial charge in [-0.2, -0.15) is 5.10 Å². The molecule has 0 aromatic carbocycles. The van der Waals surface area contributed by atoms with Crippen molar-refractivity contribution in [1.82, 2.24) is 20.1 Å². The topological polar surface area (TPSA) is 52.0 Å². The lowest BCUT2D eigenvalue weighted by atomic mass is 10.3. The van der Waals surface area contributed by atoms with Crippen molar-refractivity contribution in [2.75, 3.05) is 0 Å². The minimum Gasteiger partial charge on any atom is -0.436 e. The van der Waals surface area contributed by atoms with Gasteiger partial charge in [-0.15, -0.1) is 0 Å². The van der Waals surface area contributed by atoms with Gasteiger partial charge in [0.1, 0.15) is 0 Å². The average molecular weight is 258 g/mol. The Labute approximate surface area is 112 Å². The van der Waals surface area contributed by atoms with E-state index in [2.05, 4.69) is 15.4 Å². The van der Waals surface area contributed by atoms with Crippen LogP contribution < -0.4 is 10.1 Å². The Morgan fingerprint density at radius 3 is 3.05 bits per heavy atom. The predicted molar refractivity (Wildman–Crippen MR) is 72.1 cm³/mol. The maximum absolute atomic E-state index is 5.70. The summed E-state index contributed by atoms with van der Waals surface area (Å²) < 4.78 is 7.53. The smallest absolute Gasteiger partial charge is 0.219 e. The van der Waals surface area contributed by atoms with E-state index in [4.69, 9.17) is 4.74 Å². The zero-order valence-corrected chi connectivity index (χ0v) is 11.0. The van der Waals surface area contributed by atoms with Crippen molar-refractivity contribution in [1.29, 1.82) is 0 Å². The Kier molecular flexibility index (Phi) is 3.46. The van der Waals surface area contributed by atoms with E-state index >= 15 is 0 Å². The van der Waals surface area contributed by atoms with Gasteiger partial charge < -0.3 is 10.1 Å². The molecule has 1 aliphatic carbocycles. The van der Waals surface area contributed by atoms with Crippen LogP contribution in [0, 0.1) is 0 Å². The van der Waals surface area contributed by atoms with E-state index in [1.165, 1.54) is 12.8 Å². The number of hydrogen-bond donors (Lipinski definition) is 1. The molecule has 2 aromatic heterocycles. The van der Waals surface area contributed by atoms with Crippen LogP contribution in [0.15, 0.2) is 30.6 Å². The first kappa shape index (κ1) is 12.2. The normalized spacial score (nSPS) is 14.6. The second kappa shape index (κ2) is 5.40. The number of aromatic nitrogens is 3. The average Bonchev–Trinajstić information content (AvgIpc) is 3.16. The monoisotopic (exact) mass is 258 g/mol. The molecule has 1 N–H and O–H groups in total. The lowest BCUT2D eigenvalue weighted by Crippen LogP contribution is -2.16. The van der Waals surface area contributed by atoms with Gasteiger partial charge >= 0.3 is 0 Å². The Balaban J connectivity index is 1.64. The molecule has 1 aliphatic rings. The third-order valence-electron chi connectivity index (χ3n) is 3.09. The summed E-state index contributed by atoms with van der Waals surface area (Å²) >= 11 is 0. The van der Waals surface area contributed by atoms with Gasteiger partial charge in [0.05, 0.1) is 18.1 Å². The number of nitrogens with zero attached hydrogens (tertiary/aromatic N) is 3. The van der Waals surface area contributed by atoms with Crippen molar-refractivity contribution in [3.63, 3.8) is 0 Å². The highest BCUT2D eigenvalue weighted by Crippen LogP contribution is 2.21. The van der Waals surface area contributed by atoms with Gasteiger partial charge in [-0.05, 0) is 25.8 Å². The van der Waals surface area contributed by atoms with Crippen LogP contribution in [0.3, 0.4) is 0 Å². The SMILES string of the molecule is CCn1cc(Oc2cccc(CNC3CC3)n2)cn1. The number of aryl methyl sites for hydroxylation is 1. The predicted octanol–water partition coefficient (Wildman–Crippen LogP) is 2.34. The fourth-order valence-electron chi connectivity index (χ4n) is 1.84. The van der Waals surface area contributed by atoms with Gasteiger partial charge in [-0.1, -0.05) is 6.07 Å². The summed E-state index contributed by atoms with van der Waals surface area (Å²) in [4.78, 5) is 4.48. The van der Waals surface area contributed by atoms with E-state index in [-0.39, 0.29) is 0 Å². The van der Waals surface area contributed by atoms with Crippen LogP contribution in [-0.4, -0.2) is 20.8 Å². The molecule has 0 spiro atoms. The minimum absolute atomic E-state index is 0.616. The number of ether oxygens (including phenoxy) is 1.